The van der Waals surface area contributed by atoms with E-state index < -0.39 is 10.2 Å². The van der Waals surface area contributed by atoms with E-state index in [1.165, 1.54) is 7.05 Å². The summed E-state index contributed by atoms with van der Waals surface area (Å²) in [5.74, 6) is 5.32. The molecule has 1 unspecified atom stereocenters. The summed E-state index contributed by atoms with van der Waals surface area (Å²) in [6.45, 7) is 1.54. The van der Waals surface area contributed by atoms with Crippen LogP contribution in [-0.4, -0.2) is 27.2 Å². The van der Waals surface area contributed by atoms with Crippen LogP contribution in [0.25, 0.3) is 0 Å². The number of aliphatic hydroxyl groups excluding tert-OH is 1. The molecule has 0 aliphatic heterocycles. The quantitative estimate of drug-likeness (QED) is 0.680. The fraction of sp³-hybridized carbons (Fsp3) is 0.333. The van der Waals surface area contributed by atoms with E-state index in [-0.39, 0.29) is 12.6 Å². The normalized spacial score (nSPS) is 12.6. The number of hydrogen-bond acceptors (Lipinski definition) is 3. The van der Waals surface area contributed by atoms with E-state index >= 15 is 0 Å². The van der Waals surface area contributed by atoms with Crippen LogP contribution in [-0.2, 0) is 10.2 Å². The molecule has 1 atom stereocenters. The molecule has 0 aromatic heterocycles. The molecule has 0 saturated carbocycles. The van der Waals surface area contributed by atoms with Crippen molar-refractivity contribution in [3.8, 4) is 11.8 Å². The molecule has 0 radical (unpaired) electrons. The summed E-state index contributed by atoms with van der Waals surface area (Å²) >= 11 is 0. The van der Waals surface area contributed by atoms with Gasteiger partial charge in [-0.15, -0.1) is 0 Å². The zero-order valence-electron chi connectivity index (χ0n) is 10.3. The zero-order valence-corrected chi connectivity index (χ0v) is 11.1. The van der Waals surface area contributed by atoms with Crippen LogP contribution >= 0.6 is 0 Å². The summed E-state index contributed by atoms with van der Waals surface area (Å²) in [6, 6.07) is 6.82. The number of rotatable bonds is 4. The zero-order chi connectivity index (χ0) is 13.6. The Morgan fingerprint density at radius 3 is 2.78 bits per heavy atom. The lowest BCUT2D eigenvalue weighted by molar-refractivity contribution is 0.350. The minimum atomic E-state index is -3.47. The molecular weight excluding hydrogens is 252 g/mol. The predicted octanol–water partition coefficient (Wildman–Crippen LogP) is 0.145. The third-order valence-corrected chi connectivity index (χ3v) is 3.50. The van der Waals surface area contributed by atoms with Crippen LogP contribution in [0.5, 0.6) is 0 Å². The van der Waals surface area contributed by atoms with Crippen LogP contribution in [0.2, 0.25) is 0 Å². The second-order valence-electron chi connectivity index (χ2n) is 3.63. The van der Waals surface area contributed by atoms with E-state index in [4.69, 9.17) is 5.11 Å². The molecule has 18 heavy (non-hydrogen) atoms. The molecule has 1 rings (SSSR count). The number of aliphatic hydroxyl groups is 1. The molecule has 6 heteroatoms. The van der Waals surface area contributed by atoms with Crippen molar-refractivity contribution in [3.63, 3.8) is 0 Å². The maximum absolute atomic E-state index is 11.4. The first kappa shape index (κ1) is 14.7. The highest BCUT2D eigenvalue weighted by molar-refractivity contribution is 7.87. The largest absolute Gasteiger partial charge is 0.384 e. The third-order valence-electron chi connectivity index (χ3n) is 2.30. The summed E-state index contributed by atoms with van der Waals surface area (Å²) in [7, 11) is -2.13. The minimum absolute atomic E-state index is 0.202. The average molecular weight is 268 g/mol. The molecule has 0 spiro atoms. The van der Waals surface area contributed by atoms with Crippen LogP contribution < -0.4 is 9.44 Å². The Kier molecular flexibility index (Phi) is 5.31. The van der Waals surface area contributed by atoms with Crippen molar-refractivity contribution in [1.82, 2.24) is 9.44 Å². The van der Waals surface area contributed by atoms with Gasteiger partial charge in [0.1, 0.15) is 6.61 Å². The van der Waals surface area contributed by atoms with Crippen molar-refractivity contribution in [2.45, 2.75) is 13.0 Å². The molecule has 0 aliphatic carbocycles. The van der Waals surface area contributed by atoms with Crippen LogP contribution in [0.15, 0.2) is 24.3 Å². The Hall–Kier alpha value is -1.39. The van der Waals surface area contributed by atoms with Gasteiger partial charge < -0.3 is 5.11 Å². The molecule has 0 heterocycles. The van der Waals surface area contributed by atoms with Crippen molar-refractivity contribution in [2.24, 2.45) is 0 Å². The molecule has 0 bridgehead atoms. The second kappa shape index (κ2) is 6.52. The minimum Gasteiger partial charge on any atom is -0.384 e. The number of hydrogen-bond donors (Lipinski definition) is 3. The highest BCUT2D eigenvalue weighted by Gasteiger charge is 2.13. The van der Waals surface area contributed by atoms with Crippen LogP contribution in [0.4, 0.5) is 0 Å². The Morgan fingerprint density at radius 1 is 1.44 bits per heavy atom. The van der Waals surface area contributed by atoms with Crippen LogP contribution in [0.1, 0.15) is 24.1 Å². The smallest absolute Gasteiger partial charge is 0.277 e. The summed E-state index contributed by atoms with van der Waals surface area (Å²) in [5, 5.41) is 8.62. The summed E-state index contributed by atoms with van der Waals surface area (Å²) in [6.07, 6.45) is 0. The fourth-order valence-electron chi connectivity index (χ4n) is 1.39. The van der Waals surface area contributed by atoms with E-state index in [0.29, 0.717) is 0 Å². The van der Waals surface area contributed by atoms with Gasteiger partial charge in [0.15, 0.2) is 0 Å². The molecule has 0 amide bonds. The first-order valence-corrected chi connectivity index (χ1v) is 6.87. The Bertz CT molecular complexity index is 558. The van der Waals surface area contributed by atoms with Gasteiger partial charge >= 0.3 is 0 Å². The summed E-state index contributed by atoms with van der Waals surface area (Å²) in [4.78, 5) is 0. The van der Waals surface area contributed by atoms with E-state index in [9.17, 15) is 8.42 Å². The molecule has 1 aromatic rings. The molecule has 0 fully saturated rings. The lowest BCUT2D eigenvalue weighted by Crippen LogP contribution is -2.35. The standard InChI is InChI=1S/C12H16N2O3S/c1-10(14-18(16,17)13-2)12-7-3-5-11(9-12)6-4-8-15/h3,5,7,9-10,13-15H,8H2,1-2H3. The second-order valence-corrected chi connectivity index (χ2v) is 5.28. The maximum Gasteiger partial charge on any atom is 0.277 e. The first-order chi connectivity index (χ1) is 8.48. The molecule has 3 N–H and O–H groups in total. The topological polar surface area (TPSA) is 78.4 Å². The maximum atomic E-state index is 11.4. The van der Waals surface area contributed by atoms with E-state index in [1.807, 2.05) is 6.07 Å². The van der Waals surface area contributed by atoms with E-state index in [2.05, 4.69) is 21.3 Å². The summed E-state index contributed by atoms with van der Waals surface area (Å²) in [5.41, 5.74) is 1.54. The van der Waals surface area contributed by atoms with Gasteiger partial charge in [0.05, 0.1) is 0 Å². The van der Waals surface area contributed by atoms with Gasteiger partial charge in [0.25, 0.3) is 10.2 Å². The third kappa shape index (κ3) is 4.47. The highest BCUT2D eigenvalue weighted by Crippen LogP contribution is 2.14. The van der Waals surface area contributed by atoms with E-state index in [0.717, 1.165) is 11.1 Å². The van der Waals surface area contributed by atoms with Gasteiger partial charge in [-0.25, -0.2) is 4.72 Å². The lowest BCUT2D eigenvalue weighted by atomic mass is 10.1. The van der Waals surface area contributed by atoms with Gasteiger partial charge in [-0.1, -0.05) is 24.0 Å². The molecule has 1 aromatic carbocycles. The van der Waals surface area contributed by atoms with Gasteiger partial charge in [0.2, 0.25) is 0 Å². The molecule has 98 valence electrons. The van der Waals surface area contributed by atoms with Gasteiger partial charge in [-0.05, 0) is 24.6 Å². The monoisotopic (exact) mass is 268 g/mol. The van der Waals surface area contributed by atoms with Gasteiger partial charge in [-0.2, -0.15) is 13.1 Å². The number of benzene rings is 1. The average Bonchev–Trinajstić information content (AvgIpc) is 2.36. The molecule has 0 aliphatic rings. The van der Waals surface area contributed by atoms with Crippen molar-refractivity contribution < 1.29 is 13.5 Å². The van der Waals surface area contributed by atoms with Crippen molar-refractivity contribution in [1.29, 1.82) is 0 Å². The Balaban J connectivity index is 2.90. The first-order valence-electron chi connectivity index (χ1n) is 5.39. The molecule has 0 saturated heterocycles. The van der Waals surface area contributed by atoms with Gasteiger partial charge in [0, 0.05) is 18.7 Å². The van der Waals surface area contributed by atoms with Crippen LogP contribution in [0, 0.1) is 11.8 Å². The van der Waals surface area contributed by atoms with Crippen molar-refractivity contribution in [3.05, 3.63) is 35.4 Å². The Morgan fingerprint density at radius 2 is 2.17 bits per heavy atom. The summed E-state index contributed by atoms with van der Waals surface area (Å²) < 4.78 is 27.4. The molecule has 5 nitrogen and oxygen atoms in total. The Labute approximate surface area is 107 Å². The van der Waals surface area contributed by atoms with Crippen molar-refractivity contribution in [2.75, 3.05) is 13.7 Å². The molecular formula is C12H16N2O3S. The van der Waals surface area contributed by atoms with E-state index in [1.54, 1.807) is 25.1 Å². The van der Waals surface area contributed by atoms with Crippen LogP contribution in [0.3, 0.4) is 0 Å². The SMILES string of the molecule is CNS(=O)(=O)NC(C)c1cccc(C#CCO)c1. The predicted molar refractivity (Wildman–Crippen MR) is 69.9 cm³/mol. The fourth-order valence-corrected chi connectivity index (χ4v) is 2.11. The van der Waals surface area contributed by atoms with Crippen molar-refractivity contribution >= 4 is 10.2 Å². The highest BCUT2D eigenvalue weighted by atomic mass is 32.2. The lowest BCUT2D eigenvalue weighted by Gasteiger charge is -2.14. The van der Waals surface area contributed by atoms with Gasteiger partial charge in [-0.3, -0.25) is 0 Å². The number of nitrogens with one attached hydrogen (secondary N) is 2.